The third-order valence-corrected chi connectivity index (χ3v) is 14.6. The van der Waals surface area contributed by atoms with Crippen LogP contribution in [0.4, 0.5) is 4.79 Å². The minimum atomic E-state index is -0.935. The zero-order valence-electron chi connectivity index (χ0n) is 35.6. The topological polar surface area (TPSA) is 159 Å². The largest absolute Gasteiger partial charge is 0.444 e. The van der Waals surface area contributed by atoms with E-state index in [0.717, 1.165) is 49.7 Å². The average Bonchev–Trinajstić information content (AvgIpc) is 3.85. The van der Waals surface area contributed by atoms with Crippen molar-refractivity contribution in [3.05, 3.63) is 24.3 Å². The van der Waals surface area contributed by atoms with Crippen LogP contribution in [0.3, 0.4) is 0 Å². The molecule has 2 N–H and O–H groups in total. The van der Waals surface area contributed by atoms with E-state index in [4.69, 9.17) is 47.4 Å². The van der Waals surface area contributed by atoms with Crippen molar-refractivity contribution in [2.75, 3.05) is 13.7 Å². The third-order valence-electron chi connectivity index (χ3n) is 14.6. The molecule has 0 radical (unpaired) electrons. The maximum atomic E-state index is 14.2. The van der Waals surface area contributed by atoms with E-state index in [0.29, 0.717) is 25.7 Å². The van der Waals surface area contributed by atoms with Gasteiger partial charge in [-0.05, 0) is 82.8 Å². The fraction of sp³-hybridized carbons (Fsp3) is 0.867. The van der Waals surface area contributed by atoms with Gasteiger partial charge in [-0.15, -0.1) is 0 Å². The Labute approximate surface area is 348 Å². The van der Waals surface area contributed by atoms with Crippen LogP contribution in [0.15, 0.2) is 24.3 Å². The zero-order chi connectivity index (χ0) is 41.4. The van der Waals surface area contributed by atoms with E-state index in [2.05, 4.69) is 25.4 Å². The van der Waals surface area contributed by atoms with Crippen molar-refractivity contribution < 1.29 is 62.1 Å². The average molecular weight is 830 g/mol. The number of aliphatic hydroxyl groups is 1. The molecule has 14 nitrogen and oxygen atoms in total. The van der Waals surface area contributed by atoms with Crippen LogP contribution in [-0.2, 0) is 52.2 Å². The van der Waals surface area contributed by atoms with Crippen molar-refractivity contribution in [3.8, 4) is 0 Å². The van der Waals surface area contributed by atoms with Gasteiger partial charge in [-0.2, -0.15) is 0 Å². The Balaban J connectivity index is 0.955. The van der Waals surface area contributed by atoms with Crippen molar-refractivity contribution in [2.45, 2.75) is 220 Å². The maximum Gasteiger partial charge on any atom is 0.407 e. The van der Waals surface area contributed by atoms with Crippen molar-refractivity contribution in [1.29, 1.82) is 0 Å². The predicted octanol–water partition coefficient (Wildman–Crippen LogP) is 5.00. The van der Waals surface area contributed by atoms with Gasteiger partial charge in [-0.3, -0.25) is 4.79 Å². The summed E-state index contributed by atoms with van der Waals surface area (Å²) >= 11 is 0. The number of carbonyl (C=O) groups is 2. The molecular formula is C45H67NO13. The molecule has 0 aromatic rings. The number of ether oxygens (including phenoxy) is 10. The summed E-state index contributed by atoms with van der Waals surface area (Å²) in [6, 6.07) is 0. The molecule has 10 saturated heterocycles. The van der Waals surface area contributed by atoms with Crippen LogP contribution < -0.4 is 5.32 Å². The Bertz CT molecular complexity index is 1600. The second-order valence-electron chi connectivity index (χ2n) is 20.1. The molecule has 10 aliphatic rings. The second kappa shape index (κ2) is 16.6. The molecule has 12 bridgehead atoms. The van der Waals surface area contributed by atoms with Crippen LogP contribution in [0.2, 0.25) is 0 Å². The molecule has 0 aromatic heterocycles. The van der Waals surface area contributed by atoms with Crippen molar-refractivity contribution in [3.63, 3.8) is 0 Å². The van der Waals surface area contributed by atoms with Crippen LogP contribution in [0.1, 0.15) is 111 Å². The molecule has 1 spiro atoms. The van der Waals surface area contributed by atoms with Gasteiger partial charge in [0.05, 0.1) is 67.1 Å². The van der Waals surface area contributed by atoms with E-state index in [1.54, 1.807) is 27.9 Å². The quantitative estimate of drug-likeness (QED) is 0.357. The van der Waals surface area contributed by atoms with E-state index >= 15 is 0 Å². The Morgan fingerprint density at radius 1 is 0.831 bits per heavy atom. The lowest BCUT2D eigenvalue weighted by Crippen LogP contribution is -2.61. The molecule has 13 unspecified atom stereocenters. The van der Waals surface area contributed by atoms with Gasteiger partial charge in [0.2, 0.25) is 0 Å². The fourth-order valence-corrected chi connectivity index (χ4v) is 11.8. The lowest BCUT2D eigenvalue weighted by molar-refractivity contribution is -0.292. The molecule has 10 fully saturated rings. The van der Waals surface area contributed by atoms with Gasteiger partial charge in [0.25, 0.3) is 0 Å². The molecular weight excluding hydrogens is 762 g/mol. The number of alkyl carbamates (subject to hydrolysis) is 1. The van der Waals surface area contributed by atoms with Gasteiger partial charge in [0, 0.05) is 58.1 Å². The number of Topliss-reactive ketones (excluding diaryl/α,β-unsaturated/α-hetero) is 1. The number of nitrogens with one attached hydrogen (secondary N) is 1. The number of methoxy groups -OCH3 is 1. The molecule has 1 amide bonds. The first kappa shape index (κ1) is 42.3. The Morgan fingerprint density at radius 2 is 1.56 bits per heavy atom. The third kappa shape index (κ3) is 8.71. The SMILES string of the molecule is C=C1C(C)CC2CC[C@@H]3OC(CC[C@@]45CC6OC7C(O4)[C@H]4OC(CCC4O[C@H]7C6O5)CC(=O)CC4C(CC1O2)O[C@H](CC(O)CNC(=O)OC(C)(C)C)[C@@H]4OC)CC3=C. The molecule has 0 aliphatic carbocycles. The molecule has 14 heteroatoms. The highest BCUT2D eigenvalue weighted by atomic mass is 16.8. The van der Waals surface area contributed by atoms with Crippen molar-refractivity contribution in [1.82, 2.24) is 5.32 Å². The minimum Gasteiger partial charge on any atom is -0.444 e. The summed E-state index contributed by atoms with van der Waals surface area (Å²) in [6.45, 7) is 16.5. The Morgan fingerprint density at radius 3 is 2.36 bits per heavy atom. The number of aliphatic hydroxyl groups excluding tert-OH is 1. The van der Waals surface area contributed by atoms with E-state index < -0.39 is 41.9 Å². The summed E-state index contributed by atoms with van der Waals surface area (Å²) in [6.07, 6.45) is 2.78. The van der Waals surface area contributed by atoms with Gasteiger partial charge < -0.3 is 57.8 Å². The van der Waals surface area contributed by atoms with E-state index in [9.17, 15) is 14.7 Å². The normalized spacial score (nSPS) is 47.7. The van der Waals surface area contributed by atoms with Crippen molar-refractivity contribution in [2.24, 2.45) is 11.8 Å². The molecule has 10 rings (SSSR count). The molecule has 10 heterocycles. The zero-order valence-corrected chi connectivity index (χ0v) is 35.6. The Kier molecular flexibility index (Phi) is 11.9. The standard InChI is InChI=1S/C45H67NO13/c1-22-14-27-8-10-31-23(2)15-29(51-31)12-13-45-20-36-39(57-45)40-41(56-36)42(58-45)38-32(55-40)11-9-28(53-38)16-25(47)17-30-34(19-33(52-27)24(22)3)54-35(37(30)50-7)18-26(48)21-46-43(49)59-44(4,5)6/h22,26-42,48H,2-3,8-21H2,1,4-7H3,(H,46,49)/t22?,26?,27?,28?,29?,30?,31-,32?,33?,34?,35+,36?,37+,38-,39?,40-,41?,42?,45-/m0/s1. The lowest BCUT2D eigenvalue weighted by Gasteiger charge is -2.47. The lowest BCUT2D eigenvalue weighted by atomic mass is 9.81. The summed E-state index contributed by atoms with van der Waals surface area (Å²) in [5, 5.41) is 13.8. The fourth-order valence-electron chi connectivity index (χ4n) is 11.8. The summed E-state index contributed by atoms with van der Waals surface area (Å²) < 4.78 is 65.7. The highest BCUT2D eigenvalue weighted by Crippen LogP contribution is 2.54. The summed E-state index contributed by atoms with van der Waals surface area (Å²) in [4.78, 5) is 26.6. The predicted molar refractivity (Wildman–Crippen MR) is 211 cm³/mol. The molecule has 59 heavy (non-hydrogen) atoms. The van der Waals surface area contributed by atoms with Crippen molar-refractivity contribution >= 4 is 11.9 Å². The van der Waals surface area contributed by atoms with Gasteiger partial charge in [-0.1, -0.05) is 20.1 Å². The number of carbonyl (C=O) groups excluding carboxylic acids is 2. The van der Waals surface area contributed by atoms with Crippen LogP contribution in [0, 0.1) is 11.8 Å². The van der Waals surface area contributed by atoms with Gasteiger partial charge in [-0.25, -0.2) is 4.79 Å². The first-order valence-corrected chi connectivity index (χ1v) is 22.5. The number of ketones is 1. The monoisotopic (exact) mass is 829 g/mol. The van der Waals surface area contributed by atoms with Gasteiger partial charge in [0.1, 0.15) is 41.9 Å². The van der Waals surface area contributed by atoms with Crippen LogP contribution in [0.25, 0.3) is 0 Å². The number of fused-ring (bicyclic) bond motifs is 6. The smallest absolute Gasteiger partial charge is 0.407 e. The van der Waals surface area contributed by atoms with E-state index in [1.165, 1.54) is 0 Å². The molecule has 19 atom stereocenters. The number of hydrogen-bond acceptors (Lipinski definition) is 13. The first-order valence-electron chi connectivity index (χ1n) is 22.5. The van der Waals surface area contributed by atoms with Crippen LogP contribution in [0.5, 0.6) is 0 Å². The highest BCUT2D eigenvalue weighted by Gasteiger charge is 2.68. The summed E-state index contributed by atoms with van der Waals surface area (Å²) in [5.41, 5.74) is 1.48. The molecule has 0 aromatic carbocycles. The van der Waals surface area contributed by atoms with Crippen LogP contribution >= 0.6 is 0 Å². The maximum absolute atomic E-state index is 14.2. The van der Waals surface area contributed by atoms with Gasteiger partial charge in [0.15, 0.2) is 5.79 Å². The van der Waals surface area contributed by atoms with Gasteiger partial charge >= 0.3 is 6.09 Å². The summed E-state index contributed by atoms with van der Waals surface area (Å²) in [7, 11) is 1.63. The molecule has 330 valence electrons. The number of amides is 1. The summed E-state index contributed by atoms with van der Waals surface area (Å²) in [5.74, 6) is -0.821. The minimum absolute atomic E-state index is 0.000416. The van der Waals surface area contributed by atoms with E-state index in [-0.39, 0.29) is 117 Å². The first-order chi connectivity index (χ1) is 28.1. The molecule has 10 aliphatic heterocycles. The van der Waals surface area contributed by atoms with E-state index in [1.807, 2.05) is 0 Å². The highest BCUT2D eigenvalue weighted by molar-refractivity contribution is 5.79. The Hall–Kier alpha value is -1.98. The second-order valence-corrected chi connectivity index (χ2v) is 20.1. The number of rotatable bonds is 5. The van der Waals surface area contributed by atoms with Crippen LogP contribution in [-0.4, -0.2) is 140 Å². The molecule has 0 saturated carbocycles. The number of hydrogen-bond donors (Lipinski definition) is 2.